The number of unbranched alkanes of at least 4 members (excludes halogenated alkanes) is 8. The largest absolute Gasteiger partial charge is 0.494 e. The second-order valence-corrected chi connectivity index (χ2v) is 11.0. The number of hydrogen-bond acceptors (Lipinski definition) is 3. The topological polar surface area (TPSA) is 35.5 Å². The van der Waals surface area contributed by atoms with Crippen LogP contribution in [0.3, 0.4) is 0 Å². The normalized spacial score (nSPS) is 18.8. The SMILES string of the molecule is CCCCCCCCC1CCC(CCCOc2ccc(C(=O)O[C@@H](C)CCCCCC)cc2)CC1. The van der Waals surface area contributed by atoms with Crippen LogP contribution in [-0.4, -0.2) is 18.7 Å². The zero-order valence-corrected chi connectivity index (χ0v) is 23.2. The van der Waals surface area contributed by atoms with Gasteiger partial charge in [-0.25, -0.2) is 4.79 Å². The van der Waals surface area contributed by atoms with E-state index in [0.29, 0.717) is 5.56 Å². The predicted octanol–water partition coefficient (Wildman–Crippen LogP) is 9.92. The van der Waals surface area contributed by atoms with Gasteiger partial charge in [-0.3, -0.25) is 0 Å². The zero-order valence-electron chi connectivity index (χ0n) is 23.2. The third-order valence-corrected chi connectivity index (χ3v) is 7.82. The first-order valence-corrected chi connectivity index (χ1v) is 15.1. The first-order chi connectivity index (χ1) is 17.1. The maximum Gasteiger partial charge on any atom is 0.338 e. The van der Waals surface area contributed by atoms with Crippen LogP contribution in [0.5, 0.6) is 5.75 Å². The number of esters is 1. The minimum absolute atomic E-state index is 0.0269. The summed E-state index contributed by atoms with van der Waals surface area (Å²) in [6.45, 7) is 7.25. The molecule has 1 aliphatic carbocycles. The minimum Gasteiger partial charge on any atom is -0.494 e. The lowest BCUT2D eigenvalue weighted by Gasteiger charge is -2.28. The predicted molar refractivity (Wildman–Crippen MR) is 148 cm³/mol. The van der Waals surface area contributed by atoms with E-state index < -0.39 is 0 Å². The average molecular weight is 487 g/mol. The second kappa shape index (κ2) is 18.7. The van der Waals surface area contributed by atoms with Gasteiger partial charge in [0.2, 0.25) is 0 Å². The van der Waals surface area contributed by atoms with E-state index >= 15 is 0 Å². The highest BCUT2D eigenvalue weighted by molar-refractivity contribution is 5.89. The Kier molecular flexibility index (Phi) is 15.9. The fourth-order valence-electron chi connectivity index (χ4n) is 5.44. The summed E-state index contributed by atoms with van der Waals surface area (Å²) in [6, 6.07) is 7.45. The summed E-state index contributed by atoms with van der Waals surface area (Å²) < 4.78 is 11.5. The number of hydrogen-bond donors (Lipinski definition) is 0. The summed E-state index contributed by atoms with van der Waals surface area (Å²) in [5.41, 5.74) is 0.607. The van der Waals surface area contributed by atoms with Gasteiger partial charge in [0, 0.05) is 0 Å². The van der Waals surface area contributed by atoms with Gasteiger partial charge in [-0.1, -0.05) is 104 Å². The summed E-state index contributed by atoms with van der Waals surface area (Å²) in [5.74, 6) is 2.49. The molecule has 35 heavy (non-hydrogen) atoms. The molecule has 1 aromatic carbocycles. The van der Waals surface area contributed by atoms with Crippen molar-refractivity contribution in [3.8, 4) is 5.75 Å². The third-order valence-electron chi connectivity index (χ3n) is 7.82. The van der Waals surface area contributed by atoms with E-state index in [1.54, 1.807) is 0 Å². The number of benzene rings is 1. The van der Waals surface area contributed by atoms with Crippen LogP contribution < -0.4 is 4.74 Å². The summed E-state index contributed by atoms with van der Waals surface area (Å²) in [7, 11) is 0. The lowest BCUT2D eigenvalue weighted by Crippen LogP contribution is -2.15. The molecule has 0 unspecified atom stereocenters. The van der Waals surface area contributed by atoms with E-state index in [0.717, 1.165) is 43.5 Å². The fourth-order valence-corrected chi connectivity index (χ4v) is 5.44. The molecule has 0 radical (unpaired) electrons. The van der Waals surface area contributed by atoms with E-state index in [1.807, 2.05) is 31.2 Å². The number of rotatable bonds is 19. The Bertz CT molecular complexity index is 645. The van der Waals surface area contributed by atoms with Gasteiger partial charge in [0.05, 0.1) is 18.3 Å². The zero-order chi connectivity index (χ0) is 25.1. The molecule has 1 fully saturated rings. The maximum atomic E-state index is 12.4. The molecule has 0 heterocycles. The molecular formula is C32H54O3. The molecule has 1 aliphatic rings. The molecule has 0 aromatic heterocycles. The molecule has 0 N–H and O–H groups in total. The van der Waals surface area contributed by atoms with Gasteiger partial charge in [-0.15, -0.1) is 0 Å². The highest BCUT2D eigenvalue weighted by Crippen LogP contribution is 2.34. The van der Waals surface area contributed by atoms with Crippen LogP contribution in [0.15, 0.2) is 24.3 Å². The highest BCUT2D eigenvalue weighted by atomic mass is 16.5. The molecule has 3 heteroatoms. The van der Waals surface area contributed by atoms with Crippen molar-refractivity contribution in [3.63, 3.8) is 0 Å². The first kappa shape index (κ1) is 29.7. The van der Waals surface area contributed by atoms with Crippen molar-refractivity contribution in [2.45, 2.75) is 142 Å². The molecule has 0 amide bonds. The van der Waals surface area contributed by atoms with E-state index in [4.69, 9.17) is 9.47 Å². The van der Waals surface area contributed by atoms with Gasteiger partial charge in [0.1, 0.15) is 5.75 Å². The Morgan fingerprint density at radius 1 is 0.771 bits per heavy atom. The Morgan fingerprint density at radius 3 is 1.94 bits per heavy atom. The first-order valence-electron chi connectivity index (χ1n) is 15.1. The van der Waals surface area contributed by atoms with E-state index in [1.165, 1.54) is 96.3 Å². The van der Waals surface area contributed by atoms with Crippen LogP contribution in [0.4, 0.5) is 0 Å². The average Bonchev–Trinajstić information content (AvgIpc) is 2.87. The monoisotopic (exact) mass is 486 g/mol. The molecule has 0 bridgehead atoms. The van der Waals surface area contributed by atoms with E-state index in [-0.39, 0.29) is 12.1 Å². The van der Waals surface area contributed by atoms with E-state index in [2.05, 4.69) is 13.8 Å². The van der Waals surface area contributed by atoms with Gasteiger partial charge in [-0.2, -0.15) is 0 Å². The van der Waals surface area contributed by atoms with Crippen molar-refractivity contribution in [2.24, 2.45) is 11.8 Å². The van der Waals surface area contributed by atoms with Crippen LogP contribution in [0.1, 0.15) is 147 Å². The molecule has 2 rings (SSSR count). The lowest BCUT2D eigenvalue weighted by atomic mass is 9.78. The minimum atomic E-state index is -0.230. The molecule has 3 nitrogen and oxygen atoms in total. The van der Waals surface area contributed by atoms with Crippen molar-refractivity contribution in [1.82, 2.24) is 0 Å². The fraction of sp³-hybridized carbons (Fsp3) is 0.781. The van der Waals surface area contributed by atoms with Crippen molar-refractivity contribution >= 4 is 5.97 Å². The van der Waals surface area contributed by atoms with Crippen LogP contribution in [0, 0.1) is 11.8 Å². The van der Waals surface area contributed by atoms with Crippen LogP contribution >= 0.6 is 0 Å². The quantitative estimate of drug-likeness (QED) is 0.144. The number of ether oxygens (including phenoxy) is 2. The van der Waals surface area contributed by atoms with Crippen LogP contribution in [-0.2, 0) is 4.74 Å². The Morgan fingerprint density at radius 2 is 1.31 bits per heavy atom. The van der Waals surface area contributed by atoms with Crippen molar-refractivity contribution < 1.29 is 14.3 Å². The summed E-state index contributed by atoms with van der Waals surface area (Å²) in [6.07, 6.45) is 23.8. The Hall–Kier alpha value is -1.51. The third kappa shape index (κ3) is 13.4. The second-order valence-electron chi connectivity index (χ2n) is 11.0. The van der Waals surface area contributed by atoms with Crippen molar-refractivity contribution in [3.05, 3.63) is 29.8 Å². The van der Waals surface area contributed by atoms with Gasteiger partial charge >= 0.3 is 5.97 Å². The Balaban J connectivity index is 1.53. The highest BCUT2D eigenvalue weighted by Gasteiger charge is 2.20. The van der Waals surface area contributed by atoms with Gasteiger partial charge in [0.15, 0.2) is 0 Å². The smallest absolute Gasteiger partial charge is 0.338 e. The molecule has 0 spiro atoms. The molecule has 200 valence electrons. The molecule has 0 saturated heterocycles. The Labute approximate surface area is 216 Å². The van der Waals surface area contributed by atoms with Crippen molar-refractivity contribution in [2.75, 3.05) is 6.61 Å². The number of carbonyl (C=O) groups excluding carboxylic acids is 1. The molecule has 1 aromatic rings. The van der Waals surface area contributed by atoms with E-state index in [9.17, 15) is 4.79 Å². The number of carbonyl (C=O) groups is 1. The summed E-state index contributed by atoms with van der Waals surface area (Å²) in [4.78, 5) is 12.4. The van der Waals surface area contributed by atoms with Crippen LogP contribution in [0.2, 0.25) is 0 Å². The summed E-state index contributed by atoms with van der Waals surface area (Å²) >= 11 is 0. The molecular weight excluding hydrogens is 432 g/mol. The molecule has 0 aliphatic heterocycles. The summed E-state index contributed by atoms with van der Waals surface area (Å²) in [5, 5.41) is 0. The maximum absolute atomic E-state index is 12.4. The standard InChI is InChI=1S/C32H54O3/c1-4-6-8-10-11-13-16-28-18-20-29(21-19-28)17-14-26-34-31-24-22-30(23-25-31)32(33)35-27(3)15-12-9-7-5-2/h22-25,27-29H,4-21,26H2,1-3H3/t27-,28?,29?/m0/s1. The van der Waals surface area contributed by atoms with Gasteiger partial charge in [0.25, 0.3) is 0 Å². The van der Waals surface area contributed by atoms with Gasteiger partial charge in [-0.05, 0) is 68.7 Å². The van der Waals surface area contributed by atoms with Crippen molar-refractivity contribution in [1.29, 1.82) is 0 Å². The molecule has 1 saturated carbocycles. The molecule has 1 atom stereocenters. The van der Waals surface area contributed by atoms with Gasteiger partial charge < -0.3 is 9.47 Å². The van der Waals surface area contributed by atoms with Crippen LogP contribution in [0.25, 0.3) is 0 Å². The lowest BCUT2D eigenvalue weighted by molar-refractivity contribution is 0.0319.